The molecule has 0 bridgehead atoms. The average Bonchev–Trinajstić information content (AvgIpc) is 3.06. The minimum absolute atomic E-state index is 0.158. The van der Waals surface area contributed by atoms with Gasteiger partial charge in [-0.3, -0.25) is 0 Å². The molecule has 2 heterocycles. The van der Waals surface area contributed by atoms with Gasteiger partial charge in [-0.25, -0.2) is 0 Å². The normalized spacial score (nSPS) is 11.6. The second-order valence-corrected chi connectivity index (χ2v) is 8.39. The molecule has 1 aromatic carbocycles. The van der Waals surface area contributed by atoms with Crippen molar-refractivity contribution in [2.75, 3.05) is 0 Å². The number of thiophene rings is 2. The third-order valence-electron chi connectivity index (χ3n) is 3.14. The van der Waals surface area contributed by atoms with Crippen LogP contribution in [0.2, 0.25) is 0 Å². The molecule has 0 N–H and O–H groups in total. The van der Waals surface area contributed by atoms with Gasteiger partial charge in [-0.1, -0.05) is 0 Å². The molecule has 2 aromatic heterocycles. The van der Waals surface area contributed by atoms with Gasteiger partial charge in [-0.05, 0) is 86.7 Å². The summed E-state index contributed by atoms with van der Waals surface area (Å²) in [4.78, 5) is 3.98. The van der Waals surface area contributed by atoms with Crippen molar-refractivity contribution in [3.63, 3.8) is 0 Å². The number of ether oxygens (including phenoxy) is 1. The highest BCUT2D eigenvalue weighted by Crippen LogP contribution is 2.37. The molecule has 0 atom stereocenters. The van der Waals surface area contributed by atoms with Crippen LogP contribution in [0.5, 0.6) is 5.75 Å². The Hall–Kier alpha value is -1.58. The molecule has 22 heavy (non-hydrogen) atoms. The first-order valence-corrected chi connectivity index (χ1v) is 9.05. The fourth-order valence-corrected chi connectivity index (χ4v) is 4.24. The summed E-state index contributed by atoms with van der Waals surface area (Å²) >= 11 is 3.65. The zero-order valence-corrected chi connectivity index (χ0v) is 15.0. The van der Waals surface area contributed by atoms with Crippen LogP contribution < -0.4 is 4.74 Å². The van der Waals surface area contributed by atoms with E-state index < -0.39 is 0 Å². The first-order valence-electron chi connectivity index (χ1n) is 7.35. The van der Waals surface area contributed by atoms with Gasteiger partial charge in [0.25, 0.3) is 0 Å². The SMILES string of the molecule is Cc1csc(-c2ccc(-c3ccc(OC(C)(C)C)cc3)s2)c1. The van der Waals surface area contributed by atoms with E-state index in [1.807, 2.05) is 22.7 Å². The van der Waals surface area contributed by atoms with Gasteiger partial charge in [-0.2, -0.15) is 0 Å². The Bertz CT molecular complexity index is 757. The highest BCUT2D eigenvalue weighted by molar-refractivity contribution is 7.23. The predicted octanol–water partition coefficient (Wildman–Crippen LogP) is 6.63. The Labute approximate surface area is 140 Å². The monoisotopic (exact) mass is 328 g/mol. The molecular formula is C19H20OS2. The van der Waals surface area contributed by atoms with Crippen LogP contribution in [-0.4, -0.2) is 5.60 Å². The number of rotatable bonds is 3. The van der Waals surface area contributed by atoms with Crippen molar-refractivity contribution in [2.45, 2.75) is 33.3 Å². The van der Waals surface area contributed by atoms with E-state index in [0.717, 1.165) is 5.75 Å². The highest BCUT2D eigenvalue weighted by atomic mass is 32.1. The molecule has 0 saturated heterocycles. The molecular weight excluding hydrogens is 308 g/mol. The topological polar surface area (TPSA) is 9.23 Å². The van der Waals surface area contributed by atoms with E-state index in [-0.39, 0.29) is 5.60 Å². The molecule has 3 rings (SSSR count). The predicted molar refractivity (Wildman–Crippen MR) is 98.2 cm³/mol. The van der Waals surface area contributed by atoms with Crippen molar-refractivity contribution in [1.29, 1.82) is 0 Å². The summed E-state index contributed by atoms with van der Waals surface area (Å²) in [6.45, 7) is 8.34. The zero-order valence-electron chi connectivity index (χ0n) is 13.3. The van der Waals surface area contributed by atoms with Gasteiger partial charge in [0.2, 0.25) is 0 Å². The maximum absolute atomic E-state index is 5.87. The number of aryl methyl sites for hydroxylation is 1. The van der Waals surface area contributed by atoms with Gasteiger partial charge in [0.15, 0.2) is 0 Å². The summed E-state index contributed by atoms with van der Waals surface area (Å²) in [5, 5.41) is 2.20. The summed E-state index contributed by atoms with van der Waals surface area (Å²) in [7, 11) is 0. The lowest BCUT2D eigenvalue weighted by atomic mass is 10.1. The molecule has 114 valence electrons. The van der Waals surface area contributed by atoms with E-state index in [2.05, 4.69) is 75.5 Å². The Kier molecular flexibility index (Phi) is 4.11. The molecule has 3 heteroatoms. The third kappa shape index (κ3) is 3.60. The Balaban J connectivity index is 1.81. The van der Waals surface area contributed by atoms with Crippen molar-refractivity contribution in [3.05, 3.63) is 53.4 Å². The Morgan fingerprint density at radius 2 is 1.55 bits per heavy atom. The van der Waals surface area contributed by atoms with Crippen LogP contribution in [0.4, 0.5) is 0 Å². The van der Waals surface area contributed by atoms with E-state index in [9.17, 15) is 0 Å². The molecule has 0 aliphatic heterocycles. The van der Waals surface area contributed by atoms with Crippen molar-refractivity contribution in [2.24, 2.45) is 0 Å². The lowest BCUT2D eigenvalue weighted by Gasteiger charge is -2.21. The van der Waals surface area contributed by atoms with E-state index in [1.54, 1.807) is 0 Å². The molecule has 0 fully saturated rings. The maximum atomic E-state index is 5.87. The quantitative estimate of drug-likeness (QED) is 0.524. The summed E-state index contributed by atoms with van der Waals surface area (Å²) < 4.78 is 5.87. The minimum Gasteiger partial charge on any atom is -0.488 e. The van der Waals surface area contributed by atoms with E-state index >= 15 is 0 Å². The molecule has 0 unspecified atom stereocenters. The van der Waals surface area contributed by atoms with Crippen LogP contribution >= 0.6 is 22.7 Å². The van der Waals surface area contributed by atoms with Crippen molar-refractivity contribution < 1.29 is 4.74 Å². The molecule has 0 amide bonds. The summed E-state index contributed by atoms with van der Waals surface area (Å²) in [6.07, 6.45) is 0. The van der Waals surface area contributed by atoms with Gasteiger partial charge in [0.1, 0.15) is 11.4 Å². The van der Waals surface area contributed by atoms with Crippen LogP contribution in [0.15, 0.2) is 47.8 Å². The zero-order chi connectivity index (χ0) is 15.7. The molecule has 1 nitrogen and oxygen atoms in total. The van der Waals surface area contributed by atoms with Crippen molar-refractivity contribution in [3.8, 4) is 25.9 Å². The second kappa shape index (κ2) is 5.90. The lowest BCUT2D eigenvalue weighted by molar-refractivity contribution is 0.131. The lowest BCUT2D eigenvalue weighted by Crippen LogP contribution is -2.22. The van der Waals surface area contributed by atoms with Crippen molar-refractivity contribution in [1.82, 2.24) is 0 Å². The van der Waals surface area contributed by atoms with Crippen LogP contribution in [0, 0.1) is 6.92 Å². The average molecular weight is 329 g/mol. The van der Waals surface area contributed by atoms with Gasteiger partial charge in [0.05, 0.1) is 0 Å². The van der Waals surface area contributed by atoms with Crippen LogP contribution in [-0.2, 0) is 0 Å². The largest absolute Gasteiger partial charge is 0.488 e. The van der Waals surface area contributed by atoms with Gasteiger partial charge < -0.3 is 4.74 Å². The smallest absolute Gasteiger partial charge is 0.120 e. The van der Waals surface area contributed by atoms with E-state index in [1.165, 1.54) is 25.8 Å². The molecule has 0 saturated carbocycles. The Morgan fingerprint density at radius 1 is 0.864 bits per heavy atom. The summed E-state index contributed by atoms with van der Waals surface area (Å²) in [6, 6.07) is 15.0. The minimum atomic E-state index is -0.158. The van der Waals surface area contributed by atoms with Crippen LogP contribution in [0.3, 0.4) is 0 Å². The molecule has 0 aliphatic carbocycles. The Morgan fingerprint density at radius 3 is 2.14 bits per heavy atom. The molecule has 0 radical (unpaired) electrons. The first kappa shape index (κ1) is 15.3. The molecule has 0 aliphatic rings. The van der Waals surface area contributed by atoms with Crippen LogP contribution in [0.25, 0.3) is 20.2 Å². The van der Waals surface area contributed by atoms with Gasteiger partial charge >= 0.3 is 0 Å². The van der Waals surface area contributed by atoms with Gasteiger partial charge in [-0.15, -0.1) is 22.7 Å². The maximum Gasteiger partial charge on any atom is 0.120 e. The number of benzene rings is 1. The third-order valence-corrected chi connectivity index (χ3v) is 5.52. The van der Waals surface area contributed by atoms with E-state index in [4.69, 9.17) is 4.74 Å². The summed E-state index contributed by atoms with van der Waals surface area (Å²) in [5.74, 6) is 0.918. The fourth-order valence-electron chi connectivity index (χ4n) is 2.23. The molecule has 3 aromatic rings. The highest BCUT2D eigenvalue weighted by Gasteiger charge is 2.12. The number of hydrogen-bond acceptors (Lipinski definition) is 3. The van der Waals surface area contributed by atoms with E-state index in [0.29, 0.717) is 0 Å². The van der Waals surface area contributed by atoms with Crippen LogP contribution in [0.1, 0.15) is 26.3 Å². The van der Waals surface area contributed by atoms with Crippen molar-refractivity contribution >= 4 is 22.7 Å². The first-order chi connectivity index (χ1) is 10.4. The standard InChI is InChI=1S/C19H20OS2/c1-13-11-18(21-12-13)17-10-9-16(22-17)14-5-7-15(8-6-14)20-19(2,3)4/h5-12H,1-4H3. The van der Waals surface area contributed by atoms with Gasteiger partial charge in [0, 0.05) is 14.6 Å². The summed E-state index contributed by atoms with van der Waals surface area (Å²) in [5.41, 5.74) is 2.42. The second-order valence-electron chi connectivity index (χ2n) is 6.39. The fraction of sp³-hybridized carbons (Fsp3) is 0.263. The number of hydrogen-bond donors (Lipinski definition) is 0. The molecule has 0 spiro atoms.